The molecule has 9 atom stereocenters. The van der Waals surface area contributed by atoms with E-state index in [4.69, 9.17) is 9.15 Å². The highest BCUT2D eigenvalue weighted by Gasteiger charge is 2.53. The largest absolute Gasteiger partial charge is 0.456 e. The van der Waals surface area contributed by atoms with E-state index in [9.17, 15) is 0 Å². The lowest BCUT2D eigenvalue weighted by Gasteiger charge is -2.40. The van der Waals surface area contributed by atoms with Gasteiger partial charge >= 0.3 is 0 Å². The van der Waals surface area contributed by atoms with Gasteiger partial charge in [0.05, 0.1) is 12.2 Å². The Morgan fingerprint density at radius 3 is 2.21 bits per heavy atom. The van der Waals surface area contributed by atoms with E-state index in [-0.39, 0.29) is 12.2 Å². The molecule has 2 nitrogen and oxygen atoms in total. The Morgan fingerprint density at radius 1 is 0.604 bits per heavy atom. The summed E-state index contributed by atoms with van der Waals surface area (Å²) in [4.78, 5) is 0. The molecule has 2 fully saturated rings. The second-order valence-electron chi connectivity index (χ2n) is 15.0. The van der Waals surface area contributed by atoms with Crippen LogP contribution >= 0.6 is 0 Å². The van der Waals surface area contributed by atoms with E-state index < -0.39 is 0 Å². The van der Waals surface area contributed by atoms with Gasteiger partial charge in [0.15, 0.2) is 0 Å². The van der Waals surface area contributed by atoms with Gasteiger partial charge in [-0.1, -0.05) is 127 Å². The molecule has 1 saturated carbocycles. The van der Waals surface area contributed by atoms with Crippen LogP contribution in [0.5, 0.6) is 0 Å². The molecule has 0 bridgehead atoms. The first-order valence-electron chi connectivity index (χ1n) is 18.2. The van der Waals surface area contributed by atoms with E-state index in [1.807, 2.05) is 0 Å². The van der Waals surface area contributed by atoms with Gasteiger partial charge in [-0.25, -0.2) is 0 Å². The van der Waals surface area contributed by atoms with Gasteiger partial charge in [-0.05, 0) is 95.7 Å². The van der Waals surface area contributed by atoms with Crippen molar-refractivity contribution in [2.24, 2.45) is 29.6 Å². The summed E-state index contributed by atoms with van der Waals surface area (Å²) in [6, 6.07) is 37.8. The second-order valence-corrected chi connectivity index (χ2v) is 15.0. The average molecular weight is 627 g/mol. The first kappa shape index (κ1) is 28.6. The summed E-state index contributed by atoms with van der Waals surface area (Å²) < 4.78 is 13.7. The molecule has 2 heterocycles. The average Bonchev–Trinajstić information content (AvgIpc) is 3.73. The van der Waals surface area contributed by atoms with E-state index in [0.29, 0.717) is 41.4 Å². The van der Waals surface area contributed by atoms with Crippen LogP contribution in [0.3, 0.4) is 0 Å². The van der Waals surface area contributed by atoms with Crippen LogP contribution in [-0.2, 0) is 4.74 Å². The molecule has 48 heavy (non-hydrogen) atoms. The smallest absolute Gasteiger partial charge is 0.135 e. The van der Waals surface area contributed by atoms with Crippen molar-refractivity contribution in [3.8, 4) is 0 Å². The molecular weight excluding hydrogens is 585 g/mol. The van der Waals surface area contributed by atoms with E-state index in [2.05, 4.69) is 140 Å². The molecule has 0 N–H and O–H groups in total. The minimum atomic E-state index is 0.207. The van der Waals surface area contributed by atoms with Crippen LogP contribution in [0.2, 0.25) is 0 Å². The van der Waals surface area contributed by atoms with Crippen LogP contribution in [0.1, 0.15) is 60.6 Å². The van der Waals surface area contributed by atoms with Crippen molar-refractivity contribution in [1.82, 2.24) is 0 Å². The number of furan rings is 1. The van der Waals surface area contributed by atoms with Crippen molar-refractivity contribution in [3.63, 3.8) is 0 Å². The van der Waals surface area contributed by atoms with Crippen molar-refractivity contribution in [2.75, 3.05) is 0 Å². The summed E-state index contributed by atoms with van der Waals surface area (Å²) in [5, 5.41) is 2.42. The number of allylic oxidation sites excluding steroid dienone is 5. The molecule has 4 aliphatic carbocycles. The lowest BCUT2D eigenvalue weighted by atomic mass is 9.63. The fraction of sp³-hybridized carbons (Fsp3) is 0.304. The van der Waals surface area contributed by atoms with Crippen LogP contribution in [-0.4, -0.2) is 12.2 Å². The molecule has 0 radical (unpaired) electrons. The Hall–Kier alpha value is -4.40. The summed E-state index contributed by atoms with van der Waals surface area (Å²) in [7, 11) is 0. The molecule has 10 rings (SSSR count). The molecule has 1 saturated heterocycles. The summed E-state index contributed by atoms with van der Waals surface area (Å²) in [5.41, 5.74) is 9.33. The Labute approximate surface area is 283 Å². The van der Waals surface area contributed by atoms with Gasteiger partial charge in [0.2, 0.25) is 0 Å². The van der Waals surface area contributed by atoms with Gasteiger partial charge < -0.3 is 9.15 Å². The van der Waals surface area contributed by atoms with Crippen molar-refractivity contribution in [3.05, 3.63) is 162 Å². The van der Waals surface area contributed by atoms with E-state index in [1.165, 1.54) is 58.7 Å². The quantitative estimate of drug-likeness (QED) is 0.185. The number of hydrogen-bond donors (Lipinski definition) is 0. The predicted octanol–water partition coefficient (Wildman–Crippen LogP) is 11.4. The van der Waals surface area contributed by atoms with Crippen LogP contribution in [0.15, 0.2) is 150 Å². The monoisotopic (exact) mass is 626 g/mol. The number of hydrogen-bond acceptors (Lipinski definition) is 2. The zero-order chi connectivity index (χ0) is 31.6. The molecule has 1 aliphatic heterocycles. The van der Waals surface area contributed by atoms with Gasteiger partial charge in [0.25, 0.3) is 0 Å². The van der Waals surface area contributed by atoms with Crippen molar-refractivity contribution < 1.29 is 9.15 Å². The lowest BCUT2D eigenvalue weighted by Crippen LogP contribution is -2.36. The van der Waals surface area contributed by atoms with Gasteiger partial charge in [0, 0.05) is 28.5 Å². The predicted molar refractivity (Wildman–Crippen MR) is 196 cm³/mol. The maximum atomic E-state index is 7.35. The molecular formula is C46H42O2. The zero-order valence-corrected chi connectivity index (χ0v) is 27.3. The van der Waals surface area contributed by atoms with Gasteiger partial charge in [0.1, 0.15) is 11.2 Å². The number of ether oxygens (including phenoxy) is 1. The second kappa shape index (κ2) is 11.6. The minimum absolute atomic E-state index is 0.207. The molecule has 0 amide bonds. The normalized spacial score (nSPS) is 32.4. The molecule has 0 spiro atoms. The Bertz CT molecular complexity index is 2100. The topological polar surface area (TPSA) is 22.4 Å². The SMILES string of the molecule is C1=CC2C(c3ccccc3)=CC3C4CCC=C(C5CC(c6ccccc6)CC(c6ccc7c(c6)oc6ccccc67)C5)C4OC3C2C=C1. The van der Waals surface area contributed by atoms with Crippen LogP contribution in [0.4, 0.5) is 0 Å². The van der Waals surface area contributed by atoms with Gasteiger partial charge in [-0.3, -0.25) is 0 Å². The number of benzene rings is 4. The maximum Gasteiger partial charge on any atom is 0.135 e. The lowest BCUT2D eigenvalue weighted by molar-refractivity contribution is 0.0112. The van der Waals surface area contributed by atoms with E-state index >= 15 is 0 Å². The Balaban J connectivity index is 1.00. The van der Waals surface area contributed by atoms with E-state index in [0.717, 1.165) is 17.6 Å². The fourth-order valence-corrected chi connectivity index (χ4v) is 10.3. The van der Waals surface area contributed by atoms with Crippen LogP contribution < -0.4 is 0 Å². The van der Waals surface area contributed by atoms with Crippen molar-refractivity contribution >= 4 is 27.5 Å². The third-order valence-corrected chi connectivity index (χ3v) is 12.5. The molecule has 5 aromatic rings. The maximum absolute atomic E-state index is 7.35. The first-order chi connectivity index (χ1) is 23.8. The van der Waals surface area contributed by atoms with Crippen LogP contribution in [0.25, 0.3) is 27.5 Å². The standard InChI is InChI=1S/C46H42O2/c1-3-12-29(13-4-1)32-24-33(31-22-23-38-37-17-9-10-21-43(37)47-44(38)27-31)26-34(25-32)35-19-11-20-40-42-28-41(30-14-5-2-6-15-30)36-16-7-8-18-39(36)46(42)48-45(35)40/h1-10,12-19,21-23,27-28,32-34,36,39-40,42,45-46H,11,20,24-26H2. The first-order valence-corrected chi connectivity index (χ1v) is 18.2. The Morgan fingerprint density at radius 2 is 1.33 bits per heavy atom. The summed E-state index contributed by atoms with van der Waals surface area (Å²) >= 11 is 0. The molecule has 1 aromatic heterocycles. The molecule has 4 aromatic carbocycles. The number of para-hydroxylation sites is 1. The van der Waals surface area contributed by atoms with Crippen LogP contribution in [0, 0.1) is 29.6 Å². The van der Waals surface area contributed by atoms with Crippen molar-refractivity contribution in [2.45, 2.75) is 56.1 Å². The number of fused-ring (bicyclic) bond motifs is 8. The summed E-state index contributed by atoms with van der Waals surface area (Å²) in [6.45, 7) is 0. The highest BCUT2D eigenvalue weighted by Crippen LogP contribution is 2.56. The molecule has 2 heteroatoms. The Kier molecular flexibility index (Phi) is 6.93. The van der Waals surface area contributed by atoms with Gasteiger partial charge in [-0.15, -0.1) is 0 Å². The molecule has 9 unspecified atom stereocenters. The number of rotatable bonds is 4. The third kappa shape index (κ3) is 4.71. The fourth-order valence-electron chi connectivity index (χ4n) is 10.3. The zero-order valence-electron chi connectivity index (χ0n) is 27.3. The van der Waals surface area contributed by atoms with Crippen molar-refractivity contribution in [1.29, 1.82) is 0 Å². The van der Waals surface area contributed by atoms with E-state index in [1.54, 1.807) is 5.57 Å². The molecule has 5 aliphatic rings. The summed E-state index contributed by atoms with van der Waals surface area (Å²) in [6.07, 6.45) is 20.9. The van der Waals surface area contributed by atoms with Gasteiger partial charge in [-0.2, -0.15) is 0 Å². The highest BCUT2D eigenvalue weighted by atomic mass is 16.5. The highest BCUT2D eigenvalue weighted by molar-refractivity contribution is 6.04. The minimum Gasteiger partial charge on any atom is -0.456 e. The summed E-state index contributed by atoms with van der Waals surface area (Å²) in [5.74, 6) is 3.24. The molecule has 238 valence electrons. The third-order valence-electron chi connectivity index (χ3n) is 12.5.